The Labute approximate surface area is 117 Å². The minimum absolute atomic E-state index is 0.197. The second-order valence-electron chi connectivity index (χ2n) is 5.83. The molecule has 3 nitrogen and oxygen atoms in total. The quantitative estimate of drug-likeness (QED) is 0.537. The zero-order valence-corrected chi connectivity index (χ0v) is 11.0. The summed E-state index contributed by atoms with van der Waals surface area (Å²) in [4.78, 5) is 11.1. The maximum absolute atomic E-state index is 11.3. The van der Waals surface area contributed by atoms with Crippen LogP contribution in [0.25, 0.3) is 0 Å². The van der Waals surface area contributed by atoms with Gasteiger partial charge in [-0.25, -0.2) is 0 Å². The molecule has 0 heterocycles. The van der Waals surface area contributed by atoms with Gasteiger partial charge >= 0.3 is 0 Å². The van der Waals surface area contributed by atoms with Gasteiger partial charge in [0.15, 0.2) is 0 Å². The van der Waals surface area contributed by atoms with Crippen LogP contribution in [0.2, 0.25) is 0 Å². The lowest BCUT2D eigenvalue weighted by Crippen LogP contribution is -2.32. The average molecular weight is 265 g/mol. The number of rotatable bonds is 1. The van der Waals surface area contributed by atoms with E-state index in [-0.39, 0.29) is 16.5 Å². The van der Waals surface area contributed by atoms with Crippen LogP contribution in [0.4, 0.5) is 0 Å². The number of allylic oxidation sites excluding steroid dienone is 11. The van der Waals surface area contributed by atoms with Crippen molar-refractivity contribution in [3.05, 3.63) is 81.6 Å². The number of nitrogens with zero attached hydrogens (tertiary/aromatic N) is 1. The molecule has 0 fully saturated rings. The molecule has 2 bridgehead atoms. The van der Waals surface area contributed by atoms with E-state index >= 15 is 0 Å². The van der Waals surface area contributed by atoms with Crippen LogP contribution >= 0.6 is 0 Å². The fourth-order valence-electron chi connectivity index (χ4n) is 3.92. The number of nitro groups is 1. The third kappa shape index (κ3) is 1.59. The Balaban J connectivity index is 1.91. The van der Waals surface area contributed by atoms with Crippen molar-refractivity contribution in [3.63, 3.8) is 0 Å². The minimum Gasteiger partial charge on any atom is -0.258 e. The van der Waals surface area contributed by atoms with Crippen molar-refractivity contribution >= 4 is 0 Å². The molecule has 4 aliphatic carbocycles. The Morgan fingerprint density at radius 1 is 1.10 bits per heavy atom. The van der Waals surface area contributed by atoms with Crippen LogP contribution in [-0.2, 0) is 0 Å². The summed E-state index contributed by atoms with van der Waals surface area (Å²) < 4.78 is 0. The van der Waals surface area contributed by atoms with Gasteiger partial charge < -0.3 is 0 Å². The molecule has 0 saturated carbocycles. The van der Waals surface area contributed by atoms with Gasteiger partial charge in [-0.15, -0.1) is 0 Å². The lowest BCUT2D eigenvalue weighted by atomic mass is 9.63. The summed E-state index contributed by atoms with van der Waals surface area (Å²) in [5.74, 6) is 1.49. The lowest BCUT2D eigenvalue weighted by Gasteiger charge is -2.40. The highest BCUT2D eigenvalue weighted by molar-refractivity contribution is 5.48. The van der Waals surface area contributed by atoms with Crippen LogP contribution in [-0.4, -0.2) is 4.92 Å². The molecule has 100 valence electrons. The lowest BCUT2D eigenvalue weighted by molar-refractivity contribution is -0.421. The van der Waals surface area contributed by atoms with Gasteiger partial charge in [-0.05, 0) is 29.7 Å². The van der Waals surface area contributed by atoms with Crippen molar-refractivity contribution in [3.8, 4) is 0 Å². The highest BCUT2D eigenvalue weighted by Gasteiger charge is 2.42. The van der Waals surface area contributed by atoms with Crippen LogP contribution in [0.5, 0.6) is 0 Å². The van der Waals surface area contributed by atoms with E-state index < -0.39 is 0 Å². The fourth-order valence-corrected chi connectivity index (χ4v) is 3.92. The van der Waals surface area contributed by atoms with Gasteiger partial charge in [0.05, 0.1) is 4.92 Å². The van der Waals surface area contributed by atoms with Crippen molar-refractivity contribution in [1.29, 1.82) is 0 Å². The van der Waals surface area contributed by atoms with Crippen molar-refractivity contribution < 1.29 is 4.92 Å². The summed E-state index contributed by atoms with van der Waals surface area (Å²) in [7, 11) is 0. The molecule has 4 atom stereocenters. The molecule has 0 saturated heterocycles. The second kappa shape index (κ2) is 4.17. The Kier molecular flexibility index (Phi) is 2.43. The molecule has 0 radical (unpaired) electrons. The van der Waals surface area contributed by atoms with Gasteiger partial charge in [0.2, 0.25) is 0 Å². The molecule has 0 amide bonds. The molecule has 20 heavy (non-hydrogen) atoms. The molecule has 4 aliphatic rings. The van der Waals surface area contributed by atoms with E-state index in [2.05, 4.69) is 36.5 Å². The van der Waals surface area contributed by atoms with E-state index in [0.717, 1.165) is 12.0 Å². The zero-order valence-electron chi connectivity index (χ0n) is 11.0. The summed E-state index contributed by atoms with van der Waals surface area (Å²) in [6, 6.07) is 0. The molecule has 0 spiro atoms. The first-order chi connectivity index (χ1) is 9.74. The Hall–Kier alpha value is -2.16. The normalized spacial score (nSPS) is 36.5. The van der Waals surface area contributed by atoms with E-state index in [1.807, 2.05) is 12.2 Å². The van der Waals surface area contributed by atoms with Crippen LogP contribution in [0.1, 0.15) is 6.42 Å². The average Bonchev–Trinajstić information content (AvgIpc) is 2.76. The van der Waals surface area contributed by atoms with Gasteiger partial charge in [0.1, 0.15) is 0 Å². The molecule has 4 unspecified atom stereocenters. The smallest absolute Gasteiger partial charge is 0.258 e. The topological polar surface area (TPSA) is 43.1 Å². The van der Waals surface area contributed by atoms with E-state index in [9.17, 15) is 10.1 Å². The monoisotopic (exact) mass is 265 g/mol. The summed E-state index contributed by atoms with van der Waals surface area (Å²) in [5, 5.41) is 11.3. The largest absolute Gasteiger partial charge is 0.272 e. The van der Waals surface area contributed by atoms with Gasteiger partial charge in [0, 0.05) is 17.6 Å². The van der Waals surface area contributed by atoms with Crippen LogP contribution in [0.15, 0.2) is 71.5 Å². The first-order valence-corrected chi connectivity index (χ1v) is 7.05. The summed E-state index contributed by atoms with van der Waals surface area (Å²) in [6.45, 7) is 0. The van der Waals surface area contributed by atoms with Crippen LogP contribution in [0, 0.1) is 33.8 Å². The molecule has 4 rings (SSSR count). The van der Waals surface area contributed by atoms with Gasteiger partial charge in [-0.1, -0.05) is 48.6 Å². The third-order valence-electron chi connectivity index (χ3n) is 4.84. The minimum atomic E-state index is -0.246. The summed E-state index contributed by atoms with van der Waals surface area (Å²) >= 11 is 0. The SMILES string of the molecule is O=[N+]([O-])C1=CC=CC2=CC3C=CC=CC4C=C1C2CC34. The van der Waals surface area contributed by atoms with Crippen molar-refractivity contribution in [2.45, 2.75) is 6.42 Å². The maximum Gasteiger partial charge on any atom is 0.272 e. The van der Waals surface area contributed by atoms with Crippen LogP contribution in [0.3, 0.4) is 0 Å². The van der Waals surface area contributed by atoms with Gasteiger partial charge in [0.25, 0.3) is 5.70 Å². The first-order valence-electron chi connectivity index (χ1n) is 7.05. The highest BCUT2D eigenvalue weighted by atomic mass is 16.6. The molecule has 0 aliphatic heterocycles. The molecule has 0 aromatic carbocycles. The maximum atomic E-state index is 11.3. The standard InChI is InChI=1S/C17H15NO2/c19-18(20)17-7-3-6-12-8-11-4-1-2-5-13-9-16(17)15(12)10-14(11)13/h1-9,11,13-15H,10H2. The predicted octanol–water partition coefficient (Wildman–Crippen LogP) is 3.58. The molecule has 3 heteroatoms. The number of hydrogen-bond acceptors (Lipinski definition) is 2. The van der Waals surface area contributed by atoms with Crippen molar-refractivity contribution in [2.75, 3.05) is 0 Å². The first kappa shape index (κ1) is 11.6. The Bertz CT molecular complexity index is 660. The second-order valence-corrected chi connectivity index (χ2v) is 5.83. The molecular formula is C17H15NO2. The summed E-state index contributed by atoms with van der Waals surface area (Å²) in [6.07, 6.45) is 19.5. The van der Waals surface area contributed by atoms with E-state index in [1.54, 1.807) is 6.08 Å². The fraction of sp³-hybridized carbons (Fsp3) is 0.294. The molecule has 0 N–H and O–H groups in total. The van der Waals surface area contributed by atoms with Gasteiger partial charge in [-0.2, -0.15) is 0 Å². The van der Waals surface area contributed by atoms with Crippen LogP contribution < -0.4 is 0 Å². The number of hydrogen-bond donors (Lipinski definition) is 0. The molecule has 0 aromatic heterocycles. The molecular weight excluding hydrogens is 250 g/mol. The zero-order chi connectivity index (χ0) is 13.7. The van der Waals surface area contributed by atoms with Crippen molar-refractivity contribution in [1.82, 2.24) is 0 Å². The Morgan fingerprint density at radius 3 is 2.60 bits per heavy atom. The van der Waals surface area contributed by atoms with Crippen molar-refractivity contribution in [2.24, 2.45) is 23.7 Å². The van der Waals surface area contributed by atoms with E-state index in [1.165, 1.54) is 5.57 Å². The highest BCUT2D eigenvalue weighted by Crippen LogP contribution is 2.50. The predicted molar refractivity (Wildman–Crippen MR) is 77.2 cm³/mol. The summed E-state index contributed by atoms with van der Waals surface area (Å²) in [5.41, 5.74) is 2.39. The van der Waals surface area contributed by atoms with Gasteiger partial charge in [-0.3, -0.25) is 10.1 Å². The van der Waals surface area contributed by atoms with E-state index in [0.29, 0.717) is 17.8 Å². The van der Waals surface area contributed by atoms with E-state index in [4.69, 9.17) is 0 Å². The third-order valence-corrected chi connectivity index (χ3v) is 4.84. The molecule has 0 aromatic rings. The Morgan fingerprint density at radius 2 is 1.85 bits per heavy atom.